The minimum absolute atomic E-state index is 0.202. The predicted molar refractivity (Wildman–Crippen MR) is 58.1 cm³/mol. The fourth-order valence-corrected chi connectivity index (χ4v) is 0.831. The van der Waals surface area contributed by atoms with E-state index in [0.29, 0.717) is 12.8 Å². The first-order valence-electron chi connectivity index (χ1n) is 4.83. The van der Waals surface area contributed by atoms with Gasteiger partial charge in [-0.1, -0.05) is 18.2 Å². The Bertz CT molecular complexity index is 239. The highest BCUT2D eigenvalue weighted by atomic mass is 35.5. The minimum atomic E-state index is -0.800. The van der Waals surface area contributed by atoms with Gasteiger partial charge in [0.25, 0.3) is 0 Å². The molecule has 0 N–H and O–H groups in total. The summed E-state index contributed by atoms with van der Waals surface area (Å²) in [6.07, 6.45) is 1.47. The van der Waals surface area contributed by atoms with Crippen molar-refractivity contribution in [3.05, 3.63) is 12.7 Å². The molecule has 0 fully saturated rings. The van der Waals surface area contributed by atoms with Gasteiger partial charge in [0.1, 0.15) is 0 Å². The molecule has 0 aromatic carbocycles. The summed E-state index contributed by atoms with van der Waals surface area (Å²) < 4.78 is 13.9. The molecule has 0 amide bonds. The number of carbonyl (C=O) groups is 2. The van der Waals surface area contributed by atoms with Gasteiger partial charge in [-0.3, -0.25) is 0 Å². The van der Waals surface area contributed by atoms with Crippen LogP contribution in [-0.2, 0) is 19.0 Å². The van der Waals surface area contributed by atoms with E-state index in [-0.39, 0.29) is 13.2 Å². The SMILES string of the molecule is C=CC(=O)OCCCCOC(=O)OC(C)Cl. The largest absolute Gasteiger partial charge is 0.509 e. The van der Waals surface area contributed by atoms with Crippen LogP contribution >= 0.6 is 11.6 Å². The van der Waals surface area contributed by atoms with Crippen LogP contribution in [0.15, 0.2) is 12.7 Å². The third-order valence-electron chi connectivity index (χ3n) is 1.43. The number of alkyl halides is 1. The summed E-state index contributed by atoms with van der Waals surface area (Å²) in [4.78, 5) is 21.4. The number of halogens is 1. The molecule has 0 heterocycles. The van der Waals surface area contributed by atoms with Crippen LogP contribution in [-0.4, -0.2) is 30.9 Å². The van der Waals surface area contributed by atoms with Crippen molar-refractivity contribution >= 4 is 23.7 Å². The van der Waals surface area contributed by atoms with Crippen LogP contribution in [0.1, 0.15) is 19.8 Å². The van der Waals surface area contributed by atoms with E-state index < -0.39 is 17.7 Å². The minimum Gasteiger partial charge on any atom is -0.463 e. The molecule has 0 bridgehead atoms. The highest BCUT2D eigenvalue weighted by Crippen LogP contribution is 2.00. The Balaban J connectivity index is 3.30. The number of ether oxygens (including phenoxy) is 3. The average molecular weight is 251 g/mol. The summed E-state index contributed by atoms with van der Waals surface area (Å²) in [5, 5.41) is 0. The van der Waals surface area contributed by atoms with Crippen molar-refractivity contribution in [2.75, 3.05) is 13.2 Å². The van der Waals surface area contributed by atoms with E-state index in [1.807, 2.05) is 0 Å². The molecule has 0 aliphatic heterocycles. The van der Waals surface area contributed by atoms with E-state index in [2.05, 4.69) is 16.1 Å². The van der Waals surface area contributed by atoms with Crippen LogP contribution in [0.3, 0.4) is 0 Å². The van der Waals surface area contributed by atoms with Crippen LogP contribution in [0.2, 0.25) is 0 Å². The lowest BCUT2D eigenvalue weighted by Gasteiger charge is -2.07. The molecule has 92 valence electrons. The van der Waals surface area contributed by atoms with Gasteiger partial charge < -0.3 is 14.2 Å². The van der Waals surface area contributed by atoms with Gasteiger partial charge in [-0.05, 0) is 19.8 Å². The zero-order chi connectivity index (χ0) is 12.4. The molecule has 0 rings (SSSR count). The number of hydrogen-bond acceptors (Lipinski definition) is 5. The highest BCUT2D eigenvalue weighted by molar-refractivity contribution is 6.19. The van der Waals surface area contributed by atoms with Gasteiger partial charge >= 0.3 is 12.1 Å². The first-order chi connectivity index (χ1) is 7.56. The molecule has 6 heteroatoms. The third kappa shape index (κ3) is 9.33. The van der Waals surface area contributed by atoms with Crippen molar-refractivity contribution in [2.24, 2.45) is 0 Å². The van der Waals surface area contributed by atoms with E-state index in [9.17, 15) is 9.59 Å². The Kier molecular flexibility index (Phi) is 8.34. The normalized spacial score (nSPS) is 11.4. The number of unbranched alkanes of at least 4 members (excludes halogenated alkanes) is 1. The molecule has 0 aliphatic rings. The van der Waals surface area contributed by atoms with Gasteiger partial charge in [0, 0.05) is 6.08 Å². The first-order valence-corrected chi connectivity index (χ1v) is 5.26. The number of carbonyl (C=O) groups excluding carboxylic acids is 2. The fraction of sp³-hybridized carbons (Fsp3) is 0.600. The summed E-state index contributed by atoms with van der Waals surface area (Å²) >= 11 is 5.40. The van der Waals surface area contributed by atoms with E-state index >= 15 is 0 Å². The Morgan fingerprint density at radius 3 is 2.38 bits per heavy atom. The summed E-state index contributed by atoms with van der Waals surface area (Å²) in [6.45, 7) is 5.24. The summed E-state index contributed by atoms with van der Waals surface area (Å²) in [5.74, 6) is -0.462. The fourth-order valence-electron chi connectivity index (χ4n) is 0.758. The van der Waals surface area contributed by atoms with E-state index in [1.54, 1.807) is 0 Å². The van der Waals surface area contributed by atoms with Crippen LogP contribution in [0.4, 0.5) is 4.79 Å². The maximum atomic E-state index is 10.8. The molecule has 0 aromatic rings. The lowest BCUT2D eigenvalue weighted by atomic mass is 10.3. The van der Waals surface area contributed by atoms with Crippen molar-refractivity contribution in [1.82, 2.24) is 0 Å². The van der Waals surface area contributed by atoms with Crippen molar-refractivity contribution in [3.8, 4) is 0 Å². The van der Waals surface area contributed by atoms with Crippen LogP contribution < -0.4 is 0 Å². The van der Waals surface area contributed by atoms with E-state index in [0.717, 1.165) is 6.08 Å². The van der Waals surface area contributed by atoms with E-state index in [4.69, 9.17) is 16.3 Å². The Morgan fingerprint density at radius 2 is 1.88 bits per heavy atom. The van der Waals surface area contributed by atoms with Crippen molar-refractivity contribution in [2.45, 2.75) is 25.3 Å². The molecule has 0 aliphatic carbocycles. The van der Waals surface area contributed by atoms with Crippen molar-refractivity contribution in [1.29, 1.82) is 0 Å². The average Bonchev–Trinajstić information content (AvgIpc) is 2.21. The van der Waals surface area contributed by atoms with Gasteiger partial charge in [0.05, 0.1) is 13.2 Å². The van der Waals surface area contributed by atoms with Gasteiger partial charge in [-0.2, -0.15) is 0 Å². The summed E-state index contributed by atoms with van der Waals surface area (Å²) in [6, 6.07) is 0. The van der Waals surface area contributed by atoms with Gasteiger partial charge in [0.15, 0.2) is 5.56 Å². The van der Waals surface area contributed by atoms with Crippen LogP contribution in [0, 0.1) is 0 Å². The third-order valence-corrected chi connectivity index (χ3v) is 1.52. The second kappa shape index (κ2) is 9.03. The lowest BCUT2D eigenvalue weighted by molar-refractivity contribution is -0.137. The molecule has 0 saturated heterocycles. The molecular weight excluding hydrogens is 236 g/mol. The van der Waals surface area contributed by atoms with Crippen LogP contribution in [0.5, 0.6) is 0 Å². The molecule has 16 heavy (non-hydrogen) atoms. The summed E-state index contributed by atoms with van der Waals surface area (Å²) in [7, 11) is 0. The zero-order valence-electron chi connectivity index (χ0n) is 9.11. The maximum Gasteiger partial charge on any atom is 0.509 e. The summed E-state index contributed by atoms with van der Waals surface area (Å²) in [5.41, 5.74) is -0.707. The second-order valence-electron chi connectivity index (χ2n) is 2.84. The first kappa shape index (κ1) is 14.8. The number of esters is 1. The molecular formula is C10H15ClO5. The quantitative estimate of drug-likeness (QED) is 0.300. The number of rotatable bonds is 7. The molecule has 1 unspecified atom stereocenters. The Labute approximate surface area is 99.3 Å². The topological polar surface area (TPSA) is 61.8 Å². The van der Waals surface area contributed by atoms with Gasteiger partial charge in [-0.15, -0.1) is 0 Å². The zero-order valence-corrected chi connectivity index (χ0v) is 9.87. The Hall–Kier alpha value is -1.23. The van der Waals surface area contributed by atoms with Gasteiger partial charge in [0.2, 0.25) is 0 Å². The second-order valence-corrected chi connectivity index (χ2v) is 3.45. The van der Waals surface area contributed by atoms with Crippen LogP contribution in [0.25, 0.3) is 0 Å². The van der Waals surface area contributed by atoms with Gasteiger partial charge in [-0.25, -0.2) is 9.59 Å². The Morgan fingerprint density at radius 1 is 1.31 bits per heavy atom. The molecule has 1 atom stereocenters. The van der Waals surface area contributed by atoms with Crippen molar-refractivity contribution in [3.63, 3.8) is 0 Å². The molecule has 5 nitrogen and oxygen atoms in total. The number of hydrogen-bond donors (Lipinski definition) is 0. The molecule has 0 radical (unpaired) electrons. The molecule has 0 saturated carbocycles. The monoisotopic (exact) mass is 250 g/mol. The highest BCUT2D eigenvalue weighted by Gasteiger charge is 2.06. The van der Waals surface area contributed by atoms with Crippen molar-refractivity contribution < 1.29 is 23.8 Å². The van der Waals surface area contributed by atoms with E-state index in [1.165, 1.54) is 6.92 Å². The lowest BCUT2D eigenvalue weighted by Crippen LogP contribution is -2.12. The maximum absolute atomic E-state index is 10.8. The standard InChI is InChI=1S/C10H15ClO5/c1-3-9(12)14-6-4-5-7-15-10(13)16-8(2)11/h3,8H,1,4-7H2,2H3. The molecule has 0 spiro atoms. The molecule has 0 aromatic heterocycles. The predicted octanol–water partition coefficient (Wildman–Crippen LogP) is 2.23. The smallest absolute Gasteiger partial charge is 0.463 e.